The summed E-state index contributed by atoms with van der Waals surface area (Å²) in [6, 6.07) is 44.0. The van der Waals surface area contributed by atoms with E-state index in [-0.39, 0.29) is 5.41 Å². The molecule has 5 aromatic carbocycles. The molecule has 244 valence electrons. The molecule has 0 aromatic heterocycles. The summed E-state index contributed by atoms with van der Waals surface area (Å²) in [5.74, 6) is 4.39. The summed E-state index contributed by atoms with van der Waals surface area (Å²) in [7, 11) is 0. The molecule has 1 spiro atoms. The molecule has 0 radical (unpaired) electrons. The molecule has 4 aliphatic carbocycles. The summed E-state index contributed by atoms with van der Waals surface area (Å²) < 4.78 is 0. The molecule has 10 rings (SSSR count). The van der Waals surface area contributed by atoms with Gasteiger partial charge in [0.15, 0.2) is 5.84 Å². The van der Waals surface area contributed by atoms with Crippen molar-refractivity contribution >= 4 is 28.7 Å². The van der Waals surface area contributed by atoms with Crippen LogP contribution in [0.2, 0.25) is 0 Å². The highest BCUT2D eigenvalue weighted by Gasteiger charge is 2.61. The summed E-state index contributed by atoms with van der Waals surface area (Å²) in [5.41, 5.74) is 19.1. The molecule has 1 heterocycles. The molecule has 4 heteroatoms. The van der Waals surface area contributed by atoms with Gasteiger partial charge in [-0.15, -0.1) is 0 Å². The summed E-state index contributed by atoms with van der Waals surface area (Å²) in [6.07, 6.45) is 6.97. The van der Waals surface area contributed by atoms with Crippen molar-refractivity contribution in [3.8, 4) is 0 Å². The van der Waals surface area contributed by atoms with Gasteiger partial charge < -0.3 is 10.6 Å². The fourth-order valence-corrected chi connectivity index (χ4v) is 10.1. The van der Waals surface area contributed by atoms with Crippen LogP contribution in [-0.2, 0) is 12.0 Å². The van der Waals surface area contributed by atoms with Crippen molar-refractivity contribution in [2.75, 3.05) is 4.90 Å². The summed E-state index contributed by atoms with van der Waals surface area (Å²) >= 11 is 0. The zero-order valence-corrected chi connectivity index (χ0v) is 28.5. The van der Waals surface area contributed by atoms with Gasteiger partial charge in [-0.25, -0.2) is 4.99 Å². The number of nitrogens with zero attached hydrogens (tertiary/aromatic N) is 3. The van der Waals surface area contributed by atoms with Crippen LogP contribution < -0.4 is 10.6 Å². The minimum Gasteiger partial charge on any atom is -0.383 e. The fourth-order valence-electron chi connectivity index (χ4n) is 10.1. The largest absolute Gasteiger partial charge is 0.383 e. The average molecular weight is 641 g/mol. The first kappa shape index (κ1) is 30.1. The number of fused-ring (bicyclic) bond motifs is 2. The first-order valence-electron chi connectivity index (χ1n) is 18.1. The second-order valence-corrected chi connectivity index (χ2v) is 15.1. The van der Waals surface area contributed by atoms with E-state index in [9.17, 15) is 0 Å². The number of anilines is 3. The molecule has 5 aromatic rings. The Morgan fingerprint density at radius 1 is 0.633 bits per heavy atom. The van der Waals surface area contributed by atoms with Crippen LogP contribution in [0.3, 0.4) is 0 Å². The predicted octanol–water partition coefficient (Wildman–Crippen LogP) is 10.2. The Bertz CT molecular complexity index is 1990. The number of benzene rings is 5. The molecular weight excluding hydrogens is 597 g/mol. The van der Waals surface area contributed by atoms with E-state index in [0.29, 0.717) is 18.2 Å². The molecular formula is C45H44N4. The third kappa shape index (κ3) is 5.03. The van der Waals surface area contributed by atoms with Gasteiger partial charge in [0.05, 0.1) is 17.9 Å². The Hall–Kier alpha value is -4.96. The molecule has 49 heavy (non-hydrogen) atoms. The lowest BCUT2D eigenvalue weighted by atomic mass is 9.41. The maximum Gasteiger partial charge on any atom is 0.157 e. The Balaban J connectivity index is 1.08. The van der Waals surface area contributed by atoms with Gasteiger partial charge >= 0.3 is 0 Å². The molecule has 0 saturated heterocycles. The highest BCUT2D eigenvalue weighted by Crippen LogP contribution is 2.69. The molecule has 4 bridgehead atoms. The summed E-state index contributed by atoms with van der Waals surface area (Å²) in [4.78, 5) is 12.4. The van der Waals surface area contributed by atoms with Crippen LogP contribution in [-0.4, -0.2) is 11.7 Å². The Morgan fingerprint density at radius 2 is 1.14 bits per heavy atom. The standard InChI is InChI=1S/C45H44N4/c1-29-11-15-31(16-12-29)28-47-44(35-17-13-30(2)14-18-35)48-43(46)34-19-21-38(22-20-34)49-41-9-5-3-7-39(41)45(40-8-4-6-10-42(40)49)36-24-32-23-33(26-36)27-37(45)25-32/h3-22,32-33,36-37H,23-28H2,1-2H3,(H2,46,47,48). The minimum atomic E-state index is 0.110. The first-order chi connectivity index (χ1) is 24.0. The van der Waals surface area contributed by atoms with E-state index < -0.39 is 0 Å². The second-order valence-electron chi connectivity index (χ2n) is 15.1. The number of hydrogen-bond acceptors (Lipinski definition) is 2. The van der Waals surface area contributed by atoms with E-state index in [2.05, 4.69) is 140 Å². The van der Waals surface area contributed by atoms with E-state index in [4.69, 9.17) is 15.7 Å². The van der Waals surface area contributed by atoms with E-state index in [0.717, 1.165) is 46.0 Å². The molecule has 1 aliphatic heterocycles. The highest BCUT2D eigenvalue weighted by molar-refractivity contribution is 6.11. The molecule has 4 nitrogen and oxygen atoms in total. The lowest BCUT2D eigenvalue weighted by Crippen LogP contribution is -2.57. The van der Waals surface area contributed by atoms with Crippen LogP contribution in [0, 0.1) is 37.5 Å². The van der Waals surface area contributed by atoms with Crippen LogP contribution in [0.25, 0.3) is 0 Å². The van der Waals surface area contributed by atoms with Crippen molar-refractivity contribution in [1.29, 1.82) is 0 Å². The summed E-state index contributed by atoms with van der Waals surface area (Å²) in [6.45, 7) is 4.73. The van der Waals surface area contributed by atoms with E-state index in [1.807, 2.05) is 0 Å². The Labute approximate surface area is 290 Å². The topological polar surface area (TPSA) is 54.0 Å². The van der Waals surface area contributed by atoms with Gasteiger partial charge in [0, 0.05) is 22.2 Å². The smallest absolute Gasteiger partial charge is 0.157 e. The normalized spacial score (nSPS) is 23.4. The monoisotopic (exact) mass is 640 g/mol. The van der Waals surface area contributed by atoms with E-state index >= 15 is 0 Å². The van der Waals surface area contributed by atoms with Crippen LogP contribution in [0.4, 0.5) is 17.1 Å². The number of hydrogen-bond donors (Lipinski definition) is 1. The average Bonchev–Trinajstić information content (AvgIpc) is 3.12. The maximum atomic E-state index is 6.75. The number of amidine groups is 2. The lowest BCUT2D eigenvalue weighted by molar-refractivity contribution is -0.0419. The quantitative estimate of drug-likeness (QED) is 0.154. The molecule has 4 saturated carbocycles. The van der Waals surface area contributed by atoms with Gasteiger partial charge in [-0.05, 0) is 123 Å². The fraction of sp³-hybridized carbons (Fsp3) is 0.289. The van der Waals surface area contributed by atoms with Crippen molar-refractivity contribution in [2.45, 2.75) is 57.9 Å². The zero-order chi connectivity index (χ0) is 33.1. The number of para-hydroxylation sites is 2. The Morgan fingerprint density at radius 3 is 1.71 bits per heavy atom. The third-order valence-corrected chi connectivity index (χ3v) is 12.1. The molecule has 4 fully saturated rings. The van der Waals surface area contributed by atoms with Gasteiger partial charge in [-0.3, -0.25) is 4.99 Å². The second kappa shape index (κ2) is 11.9. The van der Waals surface area contributed by atoms with Crippen LogP contribution in [0.1, 0.15) is 71.0 Å². The number of aliphatic imine (C=N–C) groups is 2. The SMILES string of the molecule is Cc1ccc(CN=C(N=C(N)c2ccc(N3c4ccccc4C4(c5ccccc53)C3CC5CC(C3)CC4C5)cc2)c2ccc(C)cc2)cc1. The molecule has 0 unspecified atom stereocenters. The van der Waals surface area contributed by atoms with Gasteiger partial charge in [0.2, 0.25) is 0 Å². The van der Waals surface area contributed by atoms with Crippen molar-refractivity contribution in [3.63, 3.8) is 0 Å². The van der Waals surface area contributed by atoms with Gasteiger partial charge in [0.25, 0.3) is 0 Å². The predicted molar refractivity (Wildman–Crippen MR) is 202 cm³/mol. The minimum absolute atomic E-state index is 0.110. The van der Waals surface area contributed by atoms with Crippen LogP contribution in [0.15, 0.2) is 131 Å². The molecule has 0 amide bonds. The first-order valence-corrected chi connectivity index (χ1v) is 18.1. The van der Waals surface area contributed by atoms with Crippen molar-refractivity contribution < 1.29 is 0 Å². The molecule has 5 aliphatic rings. The van der Waals surface area contributed by atoms with Crippen LogP contribution in [0.5, 0.6) is 0 Å². The van der Waals surface area contributed by atoms with Crippen molar-refractivity contribution in [1.82, 2.24) is 0 Å². The number of rotatable bonds is 5. The maximum absolute atomic E-state index is 6.75. The highest BCUT2D eigenvalue weighted by atomic mass is 15.2. The van der Waals surface area contributed by atoms with Crippen molar-refractivity contribution in [3.05, 3.63) is 160 Å². The third-order valence-electron chi connectivity index (χ3n) is 12.1. The summed E-state index contributed by atoms with van der Waals surface area (Å²) in [5, 5.41) is 0. The molecule has 2 N–H and O–H groups in total. The van der Waals surface area contributed by atoms with E-state index in [1.54, 1.807) is 0 Å². The van der Waals surface area contributed by atoms with Crippen molar-refractivity contribution in [2.24, 2.45) is 39.4 Å². The van der Waals surface area contributed by atoms with Crippen LogP contribution >= 0.6 is 0 Å². The van der Waals surface area contributed by atoms with Gasteiger partial charge in [-0.1, -0.05) is 96.1 Å². The Kier molecular flexibility index (Phi) is 7.30. The number of nitrogens with two attached hydrogens (primary N) is 1. The lowest BCUT2D eigenvalue weighted by Gasteiger charge is -2.64. The van der Waals surface area contributed by atoms with Gasteiger partial charge in [-0.2, -0.15) is 0 Å². The zero-order valence-electron chi connectivity index (χ0n) is 28.5. The van der Waals surface area contributed by atoms with E-state index in [1.165, 1.54) is 65.7 Å². The van der Waals surface area contributed by atoms with Gasteiger partial charge in [0.1, 0.15) is 5.84 Å². The molecule has 0 atom stereocenters. The number of aryl methyl sites for hydroxylation is 2.